The monoisotopic (exact) mass is 260 g/mol. The first-order valence-corrected chi connectivity index (χ1v) is 7.68. The highest BCUT2D eigenvalue weighted by molar-refractivity contribution is 5.55. The van der Waals surface area contributed by atoms with Gasteiger partial charge in [0, 0.05) is 30.9 Å². The highest BCUT2D eigenvalue weighted by Gasteiger charge is 2.22. The Hall–Kier alpha value is -1.02. The van der Waals surface area contributed by atoms with Gasteiger partial charge in [-0.3, -0.25) is 0 Å². The molecule has 0 amide bonds. The quantitative estimate of drug-likeness (QED) is 0.886. The minimum Gasteiger partial charge on any atom is -0.370 e. The van der Waals surface area contributed by atoms with Gasteiger partial charge in [0.2, 0.25) is 0 Å². The Kier molecular flexibility index (Phi) is 4.87. The van der Waals surface area contributed by atoms with Crippen LogP contribution in [0.15, 0.2) is 24.3 Å². The van der Waals surface area contributed by atoms with E-state index in [1.54, 1.807) is 0 Å². The van der Waals surface area contributed by atoms with Crippen molar-refractivity contribution >= 4 is 5.69 Å². The second-order valence-corrected chi connectivity index (χ2v) is 6.32. The first kappa shape index (κ1) is 14.4. The van der Waals surface area contributed by atoms with E-state index in [0.29, 0.717) is 18.0 Å². The minimum atomic E-state index is 0.574. The lowest BCUT2D eigenvalue weighted by molar-refractivity contribution is 0.394. The van der Waals surface area contributed by atoms with Crippen molar-refractivity contribution < 1.29 is 0 Å². The van der Waals surface area contributed by atoms with E-state index in [1.807, 2.05) is 0 Å². The van der Waals surface area contributed by atoms with E-state index in [9.17, 15) is 0 Å². The van der Waals surface area contributed by atoms with Gasteiger partial charge in [-0.15, -0.1) is 0 Å². The van der Waals surface area contributed by atoms with E-state index in [2.05, 4.69) is 62.2 Å². The summed E-state index contributed by atoms with van der Waals surface area (Å²) in [4.78, 5) is 2.57. The topological polar surface area (TPSA) is 15.3 Å². The van der Waals surface area contributed by atoms with Crippen LogP contribution in [0.25, 0.3) is 0 Å². The number of benzene rings is 1. The molecule has 1 N–H and O–H groups in total. The van der Waals surface area contributed by atoms with Crippen LogP contribution in [0.4, 0.5) is 5.69 Å². The molecule has 2 nitrogen and oxygen atoms in total. The molecule has 1 aromatic carbocycles. The van der Waals surface area contributed by atoms with Crippen LogP contribution in [-0.4, -0.2) is 25.2 Å². The van der Waals surface area contributed by atoms with Crippen LogP contribution in [0.5, 0.6) is 0 Å². The number of rotatable bonds is 4. The third-order valence-electron chi connectivity index (χ3n) is 3.89. The number of anilines is 1. The maximum absolute atomic E-state index is 3.69. The molecule has 1 aliphatic rings. The van der Waals surface area contributed by atoms with E-state index in [1.165, 1.54) is 30.6 Å². The van der Waals surface area contributed by atoms with E-state index in [0.717, 1.165) is 6.54 Å². The number of para-hydroxylation sites is 1. The molecule has 0 saturated carbocycles. The Labute approximate surface area is 118 Å². The van der Waals surface area contributed by atoms with Crippen molar-refractivity contribution in [3.8, 4) is 0 Å². The fourth-order valence-corrected chi connectivity index (χ4v) is 3.07. The van der Waals surface area contributed by atoms with Gasteiger partial charge in [0.25, 0.3) is 0 Å². The van der Waals surface area contributed by atoms with Crippen LogP contribution in [0, 0.1) is 0 Å². The number of nitrogens with zero attached hydrogens (tertiary/aromatic N) is 1. The zero-order chi connectivity index (χ0) is 13.8. The molecule has 2 heteroatoms. The molecule has 1 atom stereocenters. The Morgan fingerprint density at radius 1 is 1.16 bits per heavy atom. The third kappa shape index (κ3) is 3.73. The van der Waals surface area contributed by atoms with Crippen molar-refractivity contribution in [2.45, 2.75) is 58.5 Å². The van der Waals surface area contributed by atoms with Crippen LogP contribution in [0.3, 0.4) is 0 Å². The van der Waals surface area contributed by atoms with Gasteiger partial charge in [-0.05, 0) is 30.4 Å². The summed E-state index contributed by atoms with van der Waals surface area (Å²) in [5.74, 6) is 0.592. The van der Waals surface area contributed by atoms with Gasteiger partial charge in [0.1, 0.15) is 0 Å². The zero-order valence-electron chi connectivity index (χ0n) is 12.8. The average Bonchev–Trinajstić information content (AvgIpc) is 2.38. The standard InChI is InChI=1S/C17H28N2/c1-13(2)16-9-5-6-10-17(16)19-11-7-8-15(12-19)18-14(3)4/h5-6,9-10,13-15,18H,7-8,11-12H2,1-4H3. The summed E-state index contributed by atoms with van der Waals surface area (Å²) in [5, 5.41) is 3.69. The Morgan fingerprint density at radius 2 is 1.89 bits per heavy atom. The van der Waals surface area contributed by atoms with E-state index in [4.69, 9.17) is 0 Å². The van der Waals surface area contributed by atoms with E-state index in [-0.39, 0.29) is 0 Å². The average molecular weight is 260 g/mol. The smallest absolute Gasteiger partial charge is 0.0401 e. The maximum Gasteiger partial charge on any atom is 0.0401 e. The molecule has 19 heavy (non-hydrogen) atoms. The predicted octanol–water partition coefficient (Wildman–Crippen LogP) is 3.78. The summed E-state index contributed by atoms with van der Waals surface area (Å²) >= 11 is 0. The summed E-state index contributed by atoms with van der Waals surface area (Å²) in [6, 6.07) is 10.1. The van der Waals surface area contributed by atoms with E-state index < -0.39 is 0 Å². The summed E-state index contributed by atoms with van der Waals surface area (Å²) in [5.41, 5.74) is 2.92. The second-order valence-electron chi connectivity index (χ2n) is 6.32. The summed E-state index contributed by atoms with van der Waals surface area (Å²) in [6.45, 7) is 11.4. The van der Waals surface area contributed by atoms with Gasteiger partial charge in [0.15, 0.2) is 0 Å². The van der Waals surface area contributed by atoms with Gasteiger partial charge < -0.3 is 10.2 Å². The fourth-order valence-electron chi connectivity index (χ4n) is 3.07. The van der Waals surface area contributed by atoms with Gasteiger partial charge in [0.05, 0.1) is 0 Å². The molecule has 2 rings (SSSR count). The number of piperidine rings is 1. The van der Waals surface area contributed by atoms with Crippen molar-refractivity contribution in [3.05, 3.63) is 29.8 Å². The third-order valence-corrected chi connectivity index (χ3v) is 3.89. The lowest BCUT2D eigenvalue weighted by Gasteiger charge is -2.37. The summed E-state index contributed by atoms with van der Waals surface area (Å²) in [6.07, 6.45) is 2.59. The molecule has 0 spiro atoms. The SMILES string of the molecule is CC(C)NC1CCCN(c2ccccc2C(C)C)C1. The molecular weight excluding hydrogens is 232 g/mol. The molecule has 1 saturated heterocycles. The summed E-state index contributed by atoms with van der Waals surface area (Å²) < 4.78 is 0. The second kappa shape index (κ2) is 6.42. The lowest BCUT2D eigenvalue weighted by Crippen LogP contribution is -2.48. The first-order chi connectivity index (χ1) is 9.08. The van der Waals surface area contributed by atoms with Gasteiger partial charge in [-0.2, -0.15) is 0 Å². The largest absolute Gasteiger partial charge is 0.370 e. The number of nitrogens with one attached hydrogen (secondary N) is 1. The maximum atomic E-state index is 3.69. The van der Waals surface area contributed by atoms with Gasteiger partial charge in [-0.1, -0.05) is 45.9 Å². The Bertz CT molecular complexity index is 398. The molecule has 106 valence electrons. The number of hydrogen-bond acceptors (Lipinski definition) is 2. The van der Waals surface area contributed by atoms with Crippen molar-refractivity contribution in [1.82, 2.24) is 5.32 Å². The molecule has 1 fully saturated rings. The highest BCUT2D eigenvalue weighted by atomic mass is 15.2. The molecule has 0 aliphatic carbocycles. The van der Waals surface area contributed by atoms with Crippen molar-refractivity contribution in [1.29, 1.82) is 0 Å². The minimum absolute atomic E-state index is 0.574. The molecule has 0 radical (unpaired) electrons. The van der Waals surface area contributed by atoms with Gasteiger partial charge in [-0.25, -0.2) is 0 Å². The first-order valence-electron chi connectivity index (χ1n) is 7.68. The number of hydrogen-bond donors (Lipinski definition) is 1. The van der Waals surface area contributed by atoms with Crippen molar-refractivity contribution in [2.75, 3.05) is 18.0 Å². The zero-order valence-corrected chi connectivity index (χ0v) is 12.8. The molecule has 1 unspecified atom stereocenters. The molecule has 0 aromatic heterocycles. The van der Waals surface area contributed by atoms with Crippen LogP contribution in [-0.2, 0) is 0 Å². The highest BCUT2D eigenvalue weighted by Crippen LogP contribution is 2.29. The molecule has 1 aliphatic heterocycles. The van der Waals surface area contributed by atoms with Crippen LogP contribution in [0.1, 0.15) is 52.0 Å². The van der Waals surface area contributed by atoms with Crippen molar-refractivity contribution in [2.24, 2.45) is 0 Å². The van der Waals surface area contributed by atoms with Crippen LogP contribution < -0.4 is 10.2 Å². The molecule has 0 bridgehead atoms. The summed E-state index contributed by atoms with van der Waals surface area (Å²) in [7, 11) is 0. The molecule has 1 aromatic rings. The van der Waals surface area contributed by atoms with Crippen LogP contribution >= 0.6 is 0 Å². The van der Waals surface area contributed by atoms with Crippen LogP contribution in [0.2, 0.25) is 0 Å². The van der Waals surface area contributed by atoms with Crippen molar-refractivity contribution in [3.63, 3.8) is 0 Å². The Morgan fingerprint density at radius 3 is 2.58 bits per heavy atom. The molecule has 1 heterocycles. The predicted molar refractivity (Wildman–Crippen MR) is 84.0 cm³/mol. The molecular formula is C17H28N2. The fraction of sp³-hybridized carbons (Fsp3) is 0.647. The lowest BCUT2D eigenvalue weighted by atomic mass is 9.97. The van der Waals surface area contributed by atoms with E-state index >= 15 is 0 Å². The van der Waals surface area contributed by atoms with Gasteiger partial charge >= 0.3 is 0 Å². The normalized spacial score (nSPS) is 20.3. The Balaban J connectivity index is 2.13.